The third-order valence-electron chi connectivity index (χ3n) is 4.35. The number of aliphatic carboxylic acids is 1. The number of fused-ring (bicyclic) bond motifs is 2. The number of carbonyl (C=O) groups excluding carboxylic acids is 2. The molecular weight excluding hydrogens is 418 g/mol. The lowest BCUT2D eigenvalue weighted by Crippen LogP contribution is -2.30. The summed E-state index contributed by atoms with van der Waals surface area (Å²) in [6, 6.07) is 7.00. The van der Waals surface area contributed by atoms with Crippen LogP contribution in [0.4, 0.5) is 4.79 Å². The van der Waals surface area contributed by atoms with Gasteiger partial charge in [0.25, 0.3) is 0 Å². The molecule has 0 saturated carbocycles. The predicted molar refractivity (Wildman–Crippen MR) is 109 cm³/mol. The predicted octanol–water partition coefficient (Wildman–Crippen LogP) is 3.62. The molecule has 2 aromatic carbocycles. The number of hydrogen-bond donors (Lipinski definition) is 3. The summed E-state index contributed by atoms with van der Waals surface area (Å²) in [5.41, 5.74) is 5.41. The first-order valence-electron chi connectivity index (χ1n) is 8.80. The maximum absolute atomic E-state index is 12.2. The number of phenolic OH excluding ortho intramolecular Hbond substituents is 1. The largest absolute Gasteiger partial charge is 0.513 e. The van der Waals surface area contributed by atoms with E-state index in [0.717, 1.165) is 0 Å². The summed E-state index contributed by atoms with van der Waals surface area (Å²) in [6.45, 7) is 1.23. The molecule has 10 heteroatoms. The van der Waals surface area contributed by atoms with Crippen molar-refractivity contribution in [2.75, 3.05) is 6.61 Å². The Balaban J connectivity index is 0.00000320. The molecule has 0 bridgehead atoms. The second-order valence-corrected chi connectivity index (χ2v) is 6.42. The molecule has 9 nitrogen and oxygen atoms in total. The highest BCUT2D eigenvalue weighted by Crippen LogP contribution is 2.43. The minimum absolute atomic E-state index is 0. The number of ketones is 1. The summed E-state index contributed by atoms with van der Waals surface area (Å²) in [4.78, 5) is 34.5. The van der Waals surface area contributed by atoms with Crippen LogP contribution >= 0.6 is 12.4 Å². The third-order valence-corrected chi connectivity index (χ3v) is 4.35. The minimum atomic E-state index is -1.13. The van der Waals surface area contributed by atoms with Gasteiger partial charge in [0.2, 0.25) is 0 Å². The number of carbonyl (C=O) groups is 3. The molecule has 0 spiro atoms. The number of benzene rings is 2. The highest BCUT2D eigenvalue weighted by molar-refractivity contribution is 6.11. The molecule has 160 valence electrons. The molecule has 1 atom stereocenters. The van der Waals surface area contributed by atoms with E-state index in [2.05, 4.69) is 0 Å². The molecule has 0 aliphatic carbocycles. The van der Waals surface area contributed by atoms with Crippen LogP contribution in [0, 0.1) is 0 Å². The number of rotatable bonds is 7. The van der Waals surface area contributed by atoms with Crippen LogP contribution in [0.3, 0.4) is 0 Å². The molecular formula is C20H20ClNO8. The van der Waals surface area contributed by atoms with Crippen molar-refractivity contribution in [3.63, 3.8) is 0 Å². The maximum atomic E-state index is 12.2. The number of nitrogens with two attached hydrogens (primary N) is 1. The van der Waals surface area contributed by atoms with Crippen LogP contribution in [0.1, 0.15) is 30.3 Å². The molecule has 3 rings (SSSR count). The molecule has 1 heterocycles. The monoisotopic (exact) mass is 437 g/mol. The van der Waals surface area contributed by atoms with Crippen molar-refractivity contribution in [1.29, 1.82) is 0 Å². The van der Waals surface area contributed by atoms with Crippen LogP contribution in [0.15, 0.2) is 34.7 Å². The molecule has 0 saturated heterocycles. The van der Waals surface area contributed by atoms with Crippen molar-refractivity contribution in [3.8, 4) is 11.5 Å². The zero-order valence-corrected chi connectivity index (χ0v) is 16.7. The smallest absolute Gasteiger partial charge is 0.504 e. The third kappa shape index (κ3) is 4.64. The number of carboxylic acid groups (broad SMARTS) is 1. The van der Waals surface area contributed by atoms with E-state index < -0.39 is 18.2 Å². The number of halogens is 1. The van der Waals surface area contributed by atoms with Crippen LogP contribution < -0.4 is 10.5 Å². The molecule has 0 aliphatic heterocycles. The zero-order valence-electron chi connectivity index (χ0n) is 15.9. The van der Waals surface area contributed by atoms with Crippen molar-refractivity contribution >= 4 is 52.1 Å². The van der Waals surface area contributed by atoms with E-state index >= 15 is 0 Å². The standard InChI is InChI=1S/C20H19NO8.ClH/c1-10(22)15-9-13-17(29-20(26)27-8-4-7-14(21)19(24)25)12-6-3-2-5-11(12)16(23)18(13)28-15;/h2-3,5-6,9,14,23H,4,7-8,21H2,1H3,(H,24,25);1H/t14-;/m0./s1. The zero-order chi connectivity index (χ0) is 21.1. The molecule has 0 amide bonds. The molecule has 0 radical (unpaired) electrons. The maximum Gasteiger partial charge on any atom is 0.513 e. The summed E-state index contributed by atoms with van der Waals surface area (Å²) in [6.07, 6.45) is -0.635. The Morgan fingerprint density at radius 3 is 2.47 bits per heavy atom. The van der Waals surface area contributed by atoms with E-state index in [1.807, 2.05) is 0 Å². The Hall–Kier alpha value is -3.30. The van der Waals surface area contributed by atoms with Crippen LogP contribution in [0.25, 0.3) is 21.7 Å². The fourth-order valence-corrected chi connectivity index (χ4v) is 2.87. The quantitative estimate of drug-likeness (QED) is 0.218. The van der Waals surface area contributed by atoms with Crippen LogP contribution in [-0.4, -0.2) is 40.8 Å². The lowest BCUT2D eigenvalue weighted by molar-refractivity contribution is -0.138. The Labute approximate surface area is 176 Å². The first-order valence-corrected chi connectivity index (χ1v) is 8.80. The minimum Gasteiger partial charge on any atom is -0.504 e. The Bertz CT molecular complexity index is 1110. The summed E-state index contributed by atoms with van der Waals surface area (Å²) in [5, 5.41) is 20.3. The van der Waals surface area contributed by atoms with Gasteiger partial charge >= 0.3 is 12.1 Å². The number of carboxylic acids is 1. The Kier molecular flexibility index (Phi) is 7.25. The van der Waals surface area contributed by atoms with E-state index in [4.69, 9.17) is 24.7 Å². The summed E-state index contributed by atoms with van der Waals surface area (Å²) >= 11 is 0. The molecule has 3 aromatic rings. The van der Waals surface area contributed by atoms with Gasteiger partial charge in [0.1, 0.15) is 6.04 Å². The van der Waals surface area contributed by atoms with Gasteiger partial charge in [-0.1, -0.05) is 24.3 Å². The highest BCUT2D eigenvalue weighted by atomic mass is 35.5. The lowest BCUT2D eigenvalue weighted by Gasteiger charge is -2.11. The highest BCUT2D eigenvalue weighted by Gasteiger charge is 2.22. The van der Waals surface area contributed by atoms with Gasteiger partial charge in [-0.25, -0.2) is 4.79 Å². The number of ether oxygens (including phenoxy) is 2. The van der Waals surface area contributed by atoms with E-state index in [0.29, 0.717) is 10.8 Å². The number of phenols is 1. The summed E-state index contributed by atoms with van der Waals surface area (Å²) in [7, 11) is 0. The van der Waals surface area contributed by atoms with Gasteiger partial charge < -0.3 is 29.8 Å². The number of aromatic hydroxyl groups is 1. The molecule has 0 fully saturated rings. The van der Waals surface area contributed by atoms with Crippen LogP contribution in [-0.2, 0) is 9.53 Å². The SMILES string of the molecule is CC(=O)c1cc2c(OC(=O)OCCC[C@H](N)C(=O)O)c3ccccc3c(O)c2o1.Cl. The average molecular weight is 438 g/mol. The Morgan fingerprint density at radius 1 is 1.17 bits per heavy atom. The second kappa shape index (κ2) is 9.47. The van der Waals surface area contributed by atoms with Gasteiger partial charge in [-0.3, -0.25) is 9.59 Å². The molecule has 0 aliphatic rings. The topological polar surface area (TPSA) is 149 Å². The van der Waals surface area contributed by atoms with Crippen molar-refractivity contribution < 1.29 is 38.5 Å². The first-order chi connectivity index (χ1) is 13.8. The first kappa shape index (κ1) is 23.0. The number of furan rings is 1. The van der Waals surface area contributed by atoms with Gasteiger partial charge in [0.15, 0.2) is 28.6 Å². The second-order valence-electron chi connectivity index (χ2n) is 6.42. The van der Waals surface area contributed by atoms with E-state index in [1.54, 1.807) is 24.3 Å². The fraction of sp³-hybridized carbons (Fsp3) is 0.250. The van der Waals surface area contributed by atoms with Gasteiger partial charge in [0.05, 0.1) is 12.0 Å². The molecule has 30 heavy (non-hydrogen) atoms. The van der Waals surface area contributed by atoms with Crippen molar-refractivity contribution in [1.82, 2.24) is 0 Å². The van der Waals surface area contributed by atoms with E-state index in [1.165, 1.54) is 13.0 Å². The summed E-state index contributed by atoms with van der Waals surface area (Å²) < 4.78 is 15.8. The molecule has 4 N–H and O–H groups in total. The van der Waals surface area contributed by atoms with Crippen molar-refractivity contribution in [2.45, 2.75) is 25.8 Å². The van der Waals surface area contributed by atoms with Gasteiger partial charge in [-0.2, -0.15) is 0 Å². The van der Waals surface area contributed by atoms with Crippen molar-refractivity contribution in [2.24, 2.45) is 5.73 Å². The van der Waals surface area contributed by atoms with Crippen LogP contribution in [0.2, 0.25) is 0 Å². The average Bonchev–Trinajstić information content (AvgIpc) is 3.14. The Morgan fingerprint density at radius 2 is 1.83 bits per heavy atom. The van der Waals surface area contributed by atoms with Gasteiger partial charge in [-0.05, 0) is 18.9 Å². The van der Waals surface area contributed by atoms with Gasteiger partial charge in [-0.15, -0.1) is 12.4 Å². The van der Waals surface area contributed by atoms with Crippen molar-refractivity contribution in [3.05, 3.63) is 36.1 Å². The number of hydrogen-bond acceptors (Lipinski definition) is 8. The molecule has 1 aromatic heterocycles. The summed E-state index contributed by atoms with van der Waals surface area (Å²) in [5.74, 6) is -1.57. The van der Waals surface area contributed by atoms with E-state index in [-0.39, 0.29) is 65.9 Å². The van der Waals surface area contributed by atoms with Gasteiger partial charge in [0, 0.05) is 17.7 Å². The normalized spacial score (nSPS) is 11.7. The number of Topliss-reactive ketones (excluding diaryl/α,β-unsaturated/α-hetero) is 1. The fourth-order valence-electron chi connectivity index (χ4n) is 2.87. The van der Waals surface area contributed by atoms with E-state index in [9.17, 15) is 19.5 Å². The lowest BCUT2D eigenvalue weighted by atomic mass is 10.1. The molecule has 0 unspecified atom stereocenters. The van der Waals surface area contributed by atoms with Crippen LogP contribution in [0.5, 0.6) is 11.5 Å².